The smallest absolute Gasteiger partial charge is 0.0795 e. The summed E-state index contributed by atoms with van der Waals surface area (Å²) in [5.74, 6) is 0. The van der Waals surface area contributed by atoms with Gasteiger partial charge in [-0.3, -0.25) is 0 Å². The lowest BCUT2D eigenvalue weighted by Gasteiger charge is -2.18. The van der Waals surface area contributed by atoms with Crippen molar-refractivity contribution in [3.8, 4) is 0 Å². The van der Waals surface area contributed by atoms with Crippen LogP contribution >= 0.6 is 11.3 Å². The van der Waals surface area contributed by atoms with Crippen molar-refractivity contribution in [1.29, 1.82) is 0 Å². The normalized spacial score (nSPS) is 14.6. The van der Waals surface area contributed by atoms with Gasteiger partial charge in [-0.15, -0.1) is 11.3 Å². The highest BCUT2D eigenvalue weighted by molar-refractivity contribution is 7.07. The van der Waals surface area contributed by atoms with Gasteiger partial charge in [0.15, 0.2) is 0 Å². The highest BCUT2D eigenvalue weighted by Crippen LogP contribution is 2.18. The Morgan fingerprint density at radius 1 is 1.12 bits per heavy atom. The van der Waals surface area contributed by atoms with E-state index >= 15 is 0 Å². The van der Waals surface area contributed by atoms with Crippen LogP contribution in [-0.4, -0.2) is 4.98 Å². The predicted molar refractivity (Wildman–Crippen MR) is 68.5 cm³/mol. The summed E-state index contributed by atoms with van der Waals surface area (Å²) in [6, 6.07) is 11.1. The van der Waals surface area contributed by atoms with E-state index in [-0.39, 0.29) is 0 Å². The molecule has 0 radical (unpaired) electrons. The Labute approximate surface area is 100 Å². The van der Waals surface area contributed by atoms with Crippen LogP contribution in [0.15, 0.2) is 41.2 Å². The van der Waals surface area contributed by atoms with E-state index in [1.165, 1.54) is 5.56 Å². The molecule has 2 unspecified atom stereocenters. The Morgan fingerprint density at radius 3 is 2.50 bits per heavy atom. The summed E-state index contributed by atoms with van der Waals surface area (Å²) in [6.45, 7) is 4.33. The molecule has 0 aliphatic heterocycles. The number of benzene rings is 1. The van der Waals surface area contributed by atoms with E-state index in [0.717, 1.165) is 5.69 Å². The van der Waals surface area contributed by atoms with Crippen molar-refractivity contribution in [3.63, 3.8) is 0 Å². The molecule has 0 aliphatic carbocycles. The zero-order valence-electron chi connectivity index (χ0n) is 9.55. The molecule has 1 N–H and O–H groups in total. The molecular formula is C13H16N2S. The fourth-order valence-corrected chi connectivity index (χ4v) is 2.38. The largest absolute Gasteiger partial charge is 0.302 e. The van der Waals surface area contributed by atoms with Crippen LogP contribution < -0.4 is 5.32 Å². The lowest BCUT2D eigenvalue weighted by molar-refractivity contribution is 0.488. The van der Waals surface area contributed by atoms with Gasteiger partial charge in [-0.25, -0.2) is 4.98 Å². The van der Waals surface area contributed by atoms with Crippen LogP contribution in [0.1, 0.15) is 37.2 Å². The fraction of sp³-hybridized carbons (Fsp3) is 0.308. The Balaban J connectivity index is 2.00. The number of hydrogen-bond donors (Lipinski definition) is 1. The Bertz CT molecular complexity index is 411. The van der Waals surface area contributed by atoms with E-state index in [9.17, 15) is 0 Å². The first kappa shape index (κ1) is 11.3. The first-order valence-corrected chi connectivity index (χ1v) is 6.40. The van der Waals surface area contributed by atoms with E-state index in [2.05, 4.69) is 53.8 Å². The quantitative estimate of drug-likeness (QED) is 0.872. The highest BCUT2D eigenvalue weighted by atomic mass is 32.1. The van der Waals surface area contributed by atoms with Crippen molar-refractivity contribution in [2.45, 2.75) is 25.9 Å². The minimum Gasteiger partial charge on any atom is -0.302 e. The van der Waals surface area contributed by atoms with Crippen LogP contribution in [0.3, 0.4) is 0 Å². The van der Waals surface area contributed by atoms with Crippen molar-refractivity contribution in [1.82, 2.24) is 10.3 Å². The number of hydrogen-bond acceptors (Lipinski definition) is 3. The third-order valence-electron chi connectivity index (χ3n) is 2.69. The van der Waals surface area contributed by atoms with Crippen LogP contribution in [-0.2, 0) is 0 Å². The molecule has 0 aliphatic rings. The molecule has 0 fully saturated rings. The Morgan fingerprint density at radius 2 is 1.88 bits per heavy atom. The number of nitrogens with one attached hydrogen (secondary N) is 1. The van der Waals surface area contributed by atoms with E-state index in [0.29, 0.717) is 12.1 Å². The Kier molecular flexibility index (Phi) is 3.70. The van der Waals surface area contributed by atoms with Gasteiger partial charge in [0.1, 0.15) is 0 Å². The fourth-order valence-electron chi connectivity index (χ4n) is 1.73. The van der Waals surface area contributed by atoms with E-state index in [1.807, 2.05) is 11.6 Å². The molecule has 1 heterocycles. The van der Waals surface area contributed by atoms with Crippen molar-refractivity contribution in [2.24, 2.45) is 0 Å². The van der Waals surface area contributed by atoms with Crippen LogP contribution in [0.2, 0.25) is 0 Å². The van der Waals surface area contributed by atoms with Crippen LogP contribution in [0, 0.1) is 0 Å². The number of thiazole rings is 1. The van der Waals surface area contributed by atoms with E-state index in [1.54, 1.807) is 11.3 Å². The molecule has 16 heavy (non-hydrogen) atoms. The van der Waals surface area contributed by atoms with Gasteiger partial charge in [-0.1, -0.05) is 30.3 Å². The standard InChI is InChI=1S/C13H16N2S/c1-10(12-6-4-3-5-7-12)15-11(2)13-8-16-9-14-13/h3-11,15H,1-2H3. The summed E-state index contributed by atoms with van der Waals surface area (Å²) in [5.41, 5.74) is 4.30. The second-order valence-electron chi connectivity index (χ2n) is 3.93. The number of nitrogens with zero attached hydrogens (tertiary/aromatic N) is 1. The second kappa shape index (κ2) is 5.23. The third kappa shape index (κ3) is 2.68. The van der Waals surface area contributed by atoms with Crippen molar-refractivity contribution in [3.05, 3.63) is 52.5 Å². The van der Waals surface area contributed by atoms with E-state index < -0.39 is 0 Å². The van der Waals surface area contributed by atoms with Crippen molar-refractivity contribution >= 4 is 11.3 Å². The van der Waals surface area contributed by atoms with Gasteiger partial charge >= 0.3 is 0 Å². The summed E-state index contributed by atoms with van der Waals surface area (Å²) in [6.07, 6.45) is 0. The summed E-state index contributed by atoms with van der Waals surface area (Å²) in [5, 5.41) is 5.64. The van der Waals surface area contributed by atoms with Gasteiger partial charge in [0.2, 0.25) is 0 Å². The molecular weight excluding hydrogens is 216 g/mol. The predicted octanol–water partition coefficient (Wildman–Crippen LogP) is 3.55. The van der Waals surface area contributed by atoms with Gasteiger partial charge < -0.3 is 5.32 Å². The molecule has 0 saturated heterocycles. The second-order valence-corrected chi connectivity index (χ2v) is 4.65. The maximum atomic E-state index is 4.32. The lowest BCUT2D eigenvalue weighted by Crippen LogP contribution is -2.22. The average Bonchev–Trinajstić information content (AvgIpc) is 2.83. The number of aromatic nitrogens is 1. The topological polar surface area (TPSA) is 24.9 Å². The van der Waals surface area contributed by atoms with Gasteiger partial charge in [-0.2, -0.15) is 0 Å². The molecule has 2 aromatic rings. The molecule has 2 nitrogen and oxygen atoms in total. The van der Waals surface area contributed by atoms with E-state index in [4.69, 9.17) is 0 Å². The van der Waals surface area contributed by atoms with Gasteiger partial charge in [0.05, 0.1) is 11.2 Å². The molecule has 1 aromatic carbocycles. The summed E-state index contributed by atoms with van der Waals surface area (Å²) >= 11 is 1.64. The first-order valence-electron chi connectivity index (χ1n) is 5.46. The summed E-state index contributed by atoms with van der Waals surface area (Å²) in [4.78, 5) is 4.32. The number of rotatable bonds is 4. The molecule has 0 spiro atoms. The molecule has 0 amide bonds. The van der Waals surface area contributed by atoms with Crippen molar-refractivity contribution < 1.29 is 0 Å². The average molecular weight is 232 g/mol. The van der Waals surface area contributed by atoms with Gasteiger partial charge in [0.25, 0.3) is 0 Å². The highest BCUT2D eigenvalue weighted by Gasteiger charge is 2.11. The van der Waals surface area contributed by atoms with Crippen LogP contribution in [0.5, 0.6) is 0 Å². The molecule has 2 atom stereocenters. The minimum atomic E-state index is 0.293. The molecule has 2 rings (SSSR count). The van der Waals surface area contributed by atoms with Crippen LogP contribution in [0.25, 0.3) is 0 Å². The molecule has 84 valence electrons. The summed E-state index contributed by atoms with van der Waals surface area (Å²) in [7, 11) is 0. The maximum Gasteiger partial charge on any atom is 0.0795 e. The molecule has 0 bridgehead atoms. The first-order chi connectivity index (χ1) is 7.77. The SMILES string of the molecule is CC(NC(C)c1cscn1)c1ccccc1. The third-order valence-corrected chi connectivity index (χ3v) is 3.30. The minimum absolute atomic E-state index is 0.293. The maximum absolute atomic E-state index is 4.32. The van der Waals surface area contributed by atoms with Gasteiger partial charge in [0, 0.05) is 17.5 Å². The zero-order valence-corrected chi connectivity index (χ0v) is 10.4. The van der Waals surface area contributed by atoms with Crippen LogP contribution in [0.4, 0.5) is 0 Å². The lowest BCUT2D eigenvalue weighted by atomic mass is 10.1. The monoisotopic (exact) mass is 232 g/mol. The summed E-state index contributed by atoms with van der Waals surface area (Å²) < 4.78 is 0. The molecule has 3 heteroatoms. The Hall–Kier alpha value is -1.19. The van der Waals surface area contributed by atoms with Gasteiger partial charge in [-0.05, 0) is 19.4 Å². The molecule has 0 saturated carbocycles. The van der Waals surface area contributed by atoms with Crippen molar-refractivity contribution in [2.75, 3.05) is 0 Å². The molecule has 1 aromatic heterocycles. The zero-order chi connectivity index (χ0) is 11.4.